The second-order valence-electron chi connectivity index (χ2n) is 6.24. The first kappa shape index (κ1) is 16.0. The van der Waals surface area contributed by atoms with Crippen molar-refractivity contribution in [3.63, 3.8) is 0 Å². The van der Waals surface area contributed by atoms with Crippen molar-refractivity contribution in [3.05, 3.63) is 35.4 Å². The molecule has 2 rings (SSSR count). The number of hydrogen-bond donors (Lipinski definition) is 1. The molecule has 1 unspecified atom stereocenters. The largest absolute Gasteiger partial charge is 0.350 e. The average Bonchev–Trinajstić information content (AvgIpc) is 2.99. The molecule has 4 nitrogen and oxygen atoms in total. The third-order valence-corrected chi connectivity index (χ3v) is 4.04. The Kier molecular flexibility index (Phi) is 5.76. The van der Waals surface area contributed by atoms with Crippen molar-refractivity contribution in [1.29, 1.82) is 0 Å². The van der Waals surface area contributed by atoms with Gasteiger partial charge in [-0.1, -0.05) is 12.1 Å². The lowest BCUT2D eigenvalue weighted by molar-refractivity contribution is 0.0940. The van der Waals surface area contributed by atoms with Crippen LogP contribution in [0.4, 0.5) is 0 Å². The molecule has 1 aromatic rings. The Bertz CT molecular complexity index is 450. The van der Waals surface area contributed by atoms with E-state index in [1.54, 1.807) is 0 Å². The van der Waals surface area contributed by atoms with E-state index in [2.05, 4.69) is 22.0 Å². The van der Waals surface area contributed by atoms with E-state index in [9.17, 15) is 4.79 Å². The van der Waals surface area contributed by atoms with Crippen molar-refractivity contribution < 1.29 is 4.79 Å². The highest BCUT2D eigenvalue weighted by Gasteiger charge is 2.18. The second kappa shape index (κ2) is 7.57. The van der Waals surface area contributed by atoms with Gasteiger partial charge in [-0.25, -0.2) is 0 Å². The Morgan fingerprint density at radius 2 is 1.86 bits per heavy atom. The molecule has 116 valence electrons. The van der Waals surface area contributed by atoms with Gasteiger partial charge in [0.1, 0.15) is 0 Å². The van der Waals surface area contributed by atoms with E-state index in [-0.39, 0.29) is 5.91 Å². The number of hydrogen-bond acceptors (Lipinski definition) is 3. The van der Waals surface area contributed by atoms with Crippen LogP contribution >= 0.6 is 0 Å². The first-order valence-corrected chi connectivity index (χ1v) is 7.82. The van der Waals surface area contributed by atoms with Gasteiger partial charge in [0.15, 0.2) is 0 Å². The van der Waals surface area contributed by atoms with E-state index in [0.29, 0.717) is 6.04 Å². The van der Waals surface area contributed by atoms with Crippen molar-refractivity contribution in [1.82, 2.24) is 15.1 Å². The summed E-state index contributed by atoms with van der Waals surface area (Å²) in [5.41, 5.74) is 1.97. The summed E-state index contributed by atoms with van der Waals surface area (Å²) in [6.45, 7) is 6.13. The molecule has 21 heavy (non-hydrogen) atoms. The highest BCUT2D eigenvalue weighted by Crippen LogP contribution is 2.11. The number of benzene rings is 1. The minimum atomic E-state index is 0.0254. The zero-order valence-corrected chi connectivity index (χ0v) is 13.4. The van der Waals surface area contributed by atoms with E-state index in [4.69, 9.17) is 0 Å². The van der Waals surface area contributed by atoms with Gasteiger partial charge >= 0.3 is 0 Å². The number of nitrogens with zero attached hydrogens (tertiary/aromatic N) is 2. The number of carbonyl (C=O) groups excluding carboxylic acids is 1. The summed E-state index contributed by atoms with van der Waals surface area (Å²) >= 11 is 0. The highest BCUT2D eigenvalue weighted by molar-refractivity contribution is 5.94. The summed E-state index contributed by atoms with van der Waals surface area (Å²) in [6.07, 6.45) is 2.57. The van der Waals surface area contributed by atoms with E-state index in [0.717, 1.165) is 31.7 Å². The van der Waals surface area contributed by atoms with E-state index < -0.39 is 0 Å². The molecule has 1 fully saturated rings. The highest BCUT2D eigenvalue weighted by atomic mass is 16.1. The summed E-state index contributed by atoms with van der Waals surface area (Å²) in [7, 11) is 4.08. The van der Waals surface area contributed by atoms with Crippen LogP contribution in [0, 0.1) is 0 Å². The molecule has 0 radical (unpaired) electrons. The Morgan fingerprint density at radius 1 is 1.24 bits per heavy atom. The zero-order chi connectivity index (χ0) is 15.2. The van der Waals surface area contributed by atoms with Gasteiger partial charge in [0.25, 0.3) is 5.91 Å². The van der Waals surface area contributed by atoms with Crippen LogP contribution in [0.15, 0.2) is 24.3 Å². The lowest BCUT2D eigenvalue weighted by Crippen LogP contribution is -2.40. The number of amides is 1. The van der Waals surface area contributed by atoms with E-state index >= 15 is 0 Å². The molecule has 1 aromatic carbocycles. The van der Waals surface area contributed by atoms with Crippen molar-refractivity contribution >= 4 is 5.91 Å². The predicted octanol–water partition coefficient (Wildman–Crippen LogP) is 1.96. The van der Waals surface area contributed by atoms with Gasteiger partial charge in [-0.2, -0.15) is 0 Å². The van der Waals surface area contributed by atoms with Gasteiger partial charge in [-0.05, 0) is 64.6 Å². The lowest BCUT2D eigenvalue weighted by Gasteiger charge is -2.23. The van der Waals surface area contributed by atoms with Crippen molar-refractivity contribution in [2.24, 2.45) is 0 Å². The smallest absolute Gasteiger partial charge is 0.251 e. The molecule has 1 amide bonds. The van der Waals surface area contributed by atoms with Crippen LogP contribution in [0.5, 0.6) is 0 Å². The molecule has 0 aliphatic carbocycles. The first-order chi connectivity index (χ1) is 10.1. The minimum absolute atomic E-state index is 0.0254. The SMILES string of the molecule is CC(CNC(=O)c1ccc(CN(C)C)cc1)N1CCCC1. The third-order valence-electron chi connectivity index (χ3n) is 4.04. The van der Waals surface area contributed by atoms with E-state index in [1.807, 2.05) is 38.4 Å². The van der Waals surface area contributed by atoms with Crippen LogP contribution in [0.3, 0.4) is 0 Å². The number of carbonyl (C=O) groups is 1. The van der Waals surface area contributed by atoms with Crippen LogP contribution in [-0.2, 0) is 6.54 Å². The van der Waals surface area contributed by atoms with Crippen LogP contribution in [0.25, 0.3) is 0 Å². The van der Waals surface area contributed by atoms with E-state index in [1.165, 1.54) is 18.4 Å². The third kappa shape index (κ3) is 4.83. The Labute approximate surface area is 128 Å². The summed E-state index contributed by atoms with van der Waals surface area (Å²) in [5, 5.41) is 3.04. The summed E-state index contributed by atoms with van der Waals surface area (Å²) in [4.78, 5) is 16.7. The molecule has 0 aromatic heterocycles. The van der Waals surface area contributed by atoms with Crippen LogP contribution in [0.1, 0.15) is 35.7 Å². The quantitative estimate of drug-likeness (QED) is 0.869. The fourth-order valence-electron chi connectivity index (χ4n) is 2.78. The standard InChI is InChI=1S/C17H27N3O/c1-14(20-10-4-5-11-20)12-18-17(21)16-8-6-15(7-9-16)13-19(2)3/h6-9,14H,4-5,10-13H2,1-3H3,(H,18,21). The zero-order valence-electron chi connectivity index (χ0n) is 13.4. The molecule has 0 saturated carbocycles. The van der Waals surface area contributed by atoms with Gasteiger partial charge in [-0.15, -0.1) is 0 Å². The molecule has 1 heterocycles. The molecule has 0 bridgehead atoms. The minimum Gasteiger partial charge on any atom is -0.350 e. The normalized spacial score (nSPS) is 17.1. The molecule has 0 spiro atoms. The number of likely N-dealkylation sites (tertiary alicyclic amines) is 1. The molecule has 1 aliphatic rings. The average molecular weight is 289 g/mol. The lowest BCUT2D eigenvalue weighted by atomic mass is 10.1. The predicted molar refractivity (Wildman–Crippen MR) is 86.4 cm³/mol. The molecular weight excluding hydrogens is 262 g/mol. The Balaban J connectivity index is 1.82. The van der Waals surface area contributed by atoms with Gasteiger partial charge in [-0.3, -0.25) is 9.69 Å². The fraction of sp³-hybridized carbons (Fsp3) is 0.588. The molecule has 1 aliphatic heterocycles. The maximum absolute atomic E-state index is 12.2. The molecule has 1 atom stereocenters. The molecule has 4 heteroatoms. The summed E-state index contributed by atoms with van der Waals surface area (Å²) < 4.78 is 0. The number of rotatable bonds is 6. The van der Waals surface area contributed by atoms with Gasteiger partial charge < -0.3 is 10.2 Å². The van der Waals surface area contributed by atoms with Gasteiger partial charge in [0.2, 0.25) is 0 Å². The summed E-state index contributed by atoms with van der Waals surface area (Å²) in [5.74, 6) is 0.0254. The molecule has 1 N–H and O–H groups in total. The molecular formula is C17H27N3O. The van der Waals surface area contributed by atoms with Crippen LogP contribution in [-0.4, -0.2) is 55.5 Å². The Morgan fingerprint density at radius 3 is 2.43 bits per heavy atom. The fourth-order valence-corrected chi connectivity index (χ4v) is 2.78. The van der Waals surface area contributed by atoms with Crippen LogP contribution < -0.4 is 5.32 Å². The monoisotopic (exact) mass is 289 g/mol. The number of nitrogens with one attached hydrogen (secondary N) is 1. The maximum Gasteiger partial charge on any atom is 0.251 e. The van der Waals surface area contributed by atoms with Gasteiger partial charge in [0.05, 0.1) is 0 Å². The first-order valence-electron chi connectivity index (χ1n) is 7.82. The van der Waals surface area contributed by atoms with Gasteiger partial charge in [0, 0.05) is 24.7 Å². The van der Waals surface area contributed by atoms with Crippen molar-refractivity contribution in [2.75, 3.05) is 33.7 Å². The summed E-state index contributed by atoms with van der Waals surface area (Å²) in [6, 6.07) is 8.30. The topological polar surface area (TPSA) is 35.6 Å². The maximum atomic E-state index is 12.2. The van der Waals surface area contributed by atoms with Crippen molar-refractivity contribution in [2.45, 2.75) is 32.4 Å². The second-order valence-corrected chi connectivity index (χ2v) is 6.24. The van der Waals surface area contributed by atoms with Crippen LogP contribution in [0.2, 0.25) is 0 Å². The Hall–Kier alpha value is -1.39. The van der Waals surface area contributed by atoms with Crippen molar-refractivity contribution in [3.8, 4) is 0 Å². The molecule has 1 saturated heterocycles.